The second-order valence-corrected chi connectivity index (χ2v) is 8.55. The molecule has 0 N–H and O–H groups in total. The number of allylic oxidation sites excluding steroid dienone is 1. The van der Waals surface area contributed by atoms with Gasteiger partial charge < -0.3 is 9.30 Å². The number of benzene rings is 2. The Bertz CT molecular complexity index is 1050. The first-order valence-electron chi connectivity index (χ1n) is 11.3. The van der Waals surface area contributed by atoms with Crippen LogP contribution in [-0.2, 0) is 4.74 Å². The largest absolute Gasteiger partial charge is 0.369 e. The number of para-hydroxylation sites is 2. The fraction of sp³-hybridized carbons (Fsp3) is 0.357. The Morgan fingerprint density at radius 2 is 1.63 bits per heavy atom. The van der Waals surface area contributed by atoms with Crippen LogP contribution < -0.4 is 0 Å². The van der Waals surface area contributed by atoms with Crippen molar-refractivity contribution >= 4 is 27.5 Å². The van der Waals surface area contributed by atoms with E-state index in [0.717, 1.165) is 30.6 Å². The van der Waals surface area contributed by atoms with Crippen molar-refractivity contribution in [3.8, 4) is 0 Å². The predicted octanol–water partition coefficient (Wildman–Crippen LogP) is 7.75. The van der Waals surface area contributed by atoms with E-state index in [9.17, 15) is 0 Å². The van der Waals surface area contributed by atoms with Gasteiger partial charge in [0.25, 0.3) is 0 Å². The molecule has 2 atom stereocenters. The molecule has 156 valence electrons. The van der Waals surface area contributed by atoms with Crippen molar-refractivity contribution in [2.75, 3.05) is 6.61 Å². The molecular weight excluding hydrogens is 366 g/mol. The van der Waals surface area contributed by atoms with E-state index in [1.165, 1.54) is 46.8 Å². The monoisotopic (exact) mass is 399 g/mol. The van der Waals surface area contributed by atoms with Crippen LogP contribution in [0.1, 0.15) is 46.0 Å². The molecule has 4 rings (SSSR count). The van der Waals surface area contributed by atoms with Crippen LogP contribution in [0.25, 0.3) is 27.5 Å². The number of nitrogens with zero attached hydrogens (tertiary/aromatic N) is 1. The van der Waals surface area contributed by atoms with Crippen LogP contribution >= 0.6 is 0 Å². The Balaban J connectivity index is 1.63. The maximum absolute atomic E-state index is 6.35. The smallest absolute Gasteiger partial charge is 0.103 e. The van der Waals surface area contributed by atoms with Gasteiger partial charge in [0.1, 0.15) is 6.10 Å². The molecule has 3 aromatic rings. The average Bonchev–Trinajstić information content (AvgIpc) is 3.09. The fourth-order valence-corrected chi connectivity index (χ4v) is 4.66. The molecule has 0 fully saturated rings. The highest BCUT2D eigenvalue weighted by atomic mass is 16.5. The summed E-state index contributed by atoms with van der Waals surface area (Å²) in [6, 6.07) is 17.2. The zero-order chi connectivity index (χ0) is 21.1. The second kappa shape index (κ2) is 9.06. The fourth-order valence-electron chi connectivity index (χ4n) is 4.66. The molecule has 1 aromatic heterocycles. The average molecular weight is 400 g/mol. The Morgan fingerprint density at radius 3 is 2.20 bits per heavy atom. The number of fused-ring (bicyclic) bond motifs is 3. The summed E-state index contributed by atoms with van der Waals surface area (Å²) in [6.07, 6.45) is 7.85. The van der Waals surface area contributed by atoms with Gasteiger partial charge in [-0.2, -0.15) is 0 Å². The molecule has 1 heterocycles. The van der Waals surface area contributed by atoms with E-state index >= 15 is 0 Å². The number of hydrogen-bond acceptors (Lipinski definition) is 1. The van der Waals surface area contributed by atoms with E-state index in [2.05, 4.69) is 86.2 Å². The van der Waals surface area contributed by atoms with Crippen molar-refractivity contribution in [3.63, 3.8) is 0 Å². The van der Waals surface area contributed by atoms with Crippen LogP contribution in [0.3, 0.4) is 0 Å². The van der Waals surface area contributed by atoms with Crippen LogP contribution in [0.5, 0.6) is 0 Å². The maximum Gasteiger partial charge on any atom is 0.103 e. The maximum atomic E-state index is 6.35. The zero-order valence-electron chi connectivity index (χ0n) is 18.4. The molecule has 0 saturated carbocycles. The molecule has 2 unspecified atom stereocenters. The number of ether oxygens (including phenoxy) is 1. The van der Waals surface area contributed by atoms with Crippen LogP contribution in [0, 0.1) is 5.92 Å². The standard InChI is InChI=1S/C28H33NO/c1-5-7-12-22(6-2)19-30-28-20(3)17-23(18-21(28)4)29-26-15-10-8-13-24(26)25-14-9-11-16-27(25)29/h8-11,13-17,22,28H,3-7,12,18-19H2,1-2H3. The van der Waals surface area contributed by atoms with Crippen LogP contribution in [0.2, 0.25) is 0 Å². The minimum atomic E-state index is -0.0717. The van der Waals surface area contributed by atoms with E-state index in [-0.39, 0.29) is 6.10 Å². The van der Waals surface area contributed by atoms with E-state index in [0.29, 0.717) is 5.92 Å². The lowest BCUT2D eigenvalue weighted by Crippen LogP contribution is -2.24. The predicted molar refractivity (Wildman–Crippen MR) is 130 cm³/mol. The molecular formula is C28H33NO. The van der Waals surface area contributed by atoms with E-state index in [4.69, 9.17) is 4.74 Å². The minimum Gasteiger partial charge on any atom is -0.369 e. The van der Waals surface area contributed by atoms with Gasteiger partial charge in [-0.1, -0.05) is 82.7 Å². The van der Waals surface area contributed by atoms with Crippen LogP contribution in [0.15, 0.2) is 78.9 Å². The summed E-state index contributed by atoms with van der Waals surface area (Å²) in [4.78, 5) is 0. The summed E-state index contributed by atoms with van der Waals surface area (Å²) in [5.41, 5.74) is 5.80. The van der Waals surface area contributed by atoms with Crippen molar-refractivity contribution in [2.24, 2.45) is 5.92 Å². The number of hydrogen-bond donors (Lipinski definition) is 0. The first kappa shape index (κ1) is 20.7. The lowest BCUT2D eigenvalue weighted by atomic mass is 9.92. The molecule has 0 radical (unpaired) electrons. The molecule has 30 heavy (non-hydrogen) atoms. The Morgan fingerprint density at radius 1 is 1.00 bits per heavy atom. The van der Waals surface area contributed by atoms with Gasteiger partial charge in [-0.3, -0.25) is 0 Å². The highest BCUT2D eigenvalue weighted by molar-refractivity contribution is 6.10. The second-order valence-electron chi connectivity index (χ2n) is 8.55. The molecule has 1 aliphatic rings. The summed E-state index contributed by atoms with van der Waals surface area (Å²) in [7, 11) is 0. The highest BCUT2D eigenvalue weighted by Crippen LogP contribution is 2.37. The van der Waals surface area contributed by atoms with E-state index < -0.39 is 0 Å². The third kappa shape index (κ3) is 3.89. The SMILES string of the molecule is C=C1C=C(n2c3ccccc3c3ccccc32)CC(=C)C1OCC(CC)CCCC. The van der Waals surface area contributed by atoms with Crippen molar-refractivity contribution in [1.29, 1.82) is 0 Å². The van der Waals surface area contributed by atoms with Gasteiger partial charge in [0.2, 0.25) is 0 Å². The van der Waals surface area contributed by atoms with Crippen LogP contribution in [-0.4, -0.2) is 17.3 Å². The lowest BCUT2D eigenvalue weighted by Gasteiger charge is -2.29. The van der Waals surface area contributed by atoms with Crippen LogP contribution in [0.4, 0.5) is 0 Å². The molecule has 1 aliphatic carbocycles. The first-order valence-corrected chi connectivity index (χ1v) is 11.3. The summed E-state index contributed by atoms with van der Waals surface area (Å²) >= 11 is 0. The van der Waals surface area contributed by atoms with Gasteiger partial charge in [0.05, 0.1) is 17.6 Å². The molecule has 0 saturated heterocycles. The third-order valence-corrected chi connectivity index (χ3v) is 6.38. The molecule has 0 spiro atoms. The molecule has 2 aromatic carbocycles. The van der Waals surface area contributed by atoms with Gasteiger partial charge in [-0.05, 0) is 41.7 Å². The van der Waals surface area contributed by atoms with Gasteiger partial charge >= 0.3 is 0 Å². The summed E-state index contributed by atoms with van der Waals surface area (Å²) in [6.45, 7) is 14.0. The molecule has 0 aliphatic heterocycles. The quantitative estimate of drug-likeness (QED) is 0.353. The number of rotatable bonds is 8. The van der Waals surface area contributed by atoms with E-state index in [1.54, 1.807) is 0 Å². The van der Waals surface area contributed by atoms with Gasteiger partial charge in [0, 0.05) is 22.9 Å². The molecule has 0 bridgehead atoms. The third-order valence-electron chi connectivity index (χ3n) is 6.38. The van der Waals surface area contributed by atoms with Gasteiger partial charge in [0.15, 0.2) is 0 Å². The number of aromatic nitrogens is 1. The van der Waals surface area contributed by atoms with Gasteiger partial charge in [-0.25, -0.2) is 0 Å². The molecule has 2 heteroatoms. The Labute approximate surface area is 180 Å². The van der Waals surface area contributed by atoms with E-state index in [1.807, 2.05) is 0 Å². The van der Waals surface area contributed by atoms with Crippen molar-refractivity contribution in [3.05, 3.63) is 78.9 Å². The first-order chi connectivity index (χ1) is 14.6. The van der Waals surface area contributed by atoms with Gasteiger partial charge in [-0.15, -0.1) is 0 Å². The Kier molecular flexibility index (Phi) is 6.24. The zero-order valence-corrected chi connectivity index (χ0v) is 18.4. The van der Waals surface area contributed by atoms with Crippen molar-refractivity contribution in [2.45, 2.75) is 52.1 Å². The number of unbranched alkanes of at least 4 members (excludes halogenated alkanes) is 1. The lowest BCUT2D eigenvalue weighted by molar-refractivity contribution is 0.0661. The molecule has 0 amide bonds. The summed E-state index contributed by atoms with van der Waals surface area (Å²) in [5, 5.41) is 2.57. The topological polar surface area (TPSA) is 14.2 Å². The summed E-state index contributed by atoms with van der Waals surface area (Å²) in [5.74, 6) is 0.619. The summed E-state index contributed by atoms with van der Waals surface area (Å²) < 4.78 is 8.71. The normalized spacial score (nSPS) is 18.2. The molecule has 2 nitrogen and oxygen atoms in total. The van der Waals surface area contributed by atoms with Crippen molar-refractivity contribution in [1.82, 2.24) is 4.57 Å². The highest BCUT2D eigenvalue weighted by Gasteiger charge is 2.25. The van der Waals surface area contributed by atoms with Crippen molar-refractivity contribution < 1.29 is 4.74 Å². The Hall–Kier alpha value is -2.58. The minimum absolute atomic E-state index is 0.0717.